The lowest BCUT2D eigenvalue weighted by molar-refractivity contribution is -0.119. The van der Waals surface area contributed by atoms with Gasteiger partial charge in [0.15, 0.2) is 0 Å². The van der Waals surface area contributed by atoms with Crippen LogP contribution in [0.5, 0.6) is 23.0 Å². The summed E-state index contributed by atoms with van der Waals surface area (Å²) in [6, 6.07) is 23.0. The fourth-order valence-corrected chi connectivity index (χ4v) is 9.32. The number of nitrogens with one attached hydrogen (secondary N) is 4. The largest absolute Gasteiger partial charge is 0.488 e. The predicted octanol–water partition coefficient (Wildman–Crippen LogP) is 9.55. The Kier molecular flexibility index (Phi) is 20.6. The Morgan fingerprint density at radius 3 is 1.30 bits per heavy atom. The SMILES string of the molecule is CC(=O)NCCNCc1cc(Cl)c(OCc2cccc(-c3cccc(COc4cc(OCc5cncc(N=S(C)(C)=O)c5)c(CNCCNC(C)=O)cc4Cl)c3C)c2C)cc1OCc1cncc(N=S(C)(C)=O)c1. The zero-order valence-electron chi connectivity index (χ0n) is 42.9. The van der Waals surface area contributed by atoms with Crippen LogP contribution in [0.2, 0.25) is 10.0 Å². The van der Waals surface area contributed by atoms with Crippen LogP contribution in [-0.4, -0.2) is 81.4 Å². The molecule has 74 heavy (non-hydrogen) atoms. The maximum Gasteiger partial charge on any atom is 0.216 e. The second-order valence-electron chi connectivity index (χ2n) is 18.1. The second-order valence-corrected chi connectivity index (χ2v) is 24.0. The van der Waals surface area contributed by atoms with Gasteiger partial charge in [-0.3, -0.25) is 19.6 Å². The summed E-state index contributed by atoms with van der Waals surface area (Å²) in [5, 5.41) is 13.0. The number of amides is 2. The quantitative estimate of drug-likeness (QED) is 0.0396. The van der Waals surface area contributed by atoms with Crippen molar-refractivity contribution in [2.75, 3.05) is 51.2 Å². The standard InChI is InChI=1S/C54H64Cl2N8O8S2/c1-35-41(33-71-53-23-51(43(21-49(53)55)27-57-15-17-61-37(3)65)69-31-39-19-45(29-59-25-39)63-73(5,6)67)11-9-13-47(35)48-14-10-12-42(36(48)2)34-72-54-24-52(44(22-50(54)56)28-58-16-18-62-38(4)66)70-32-40-20-46(30-60-26-40)64-74(7,8)68/h9-14,19-26,29-30,57-58H,15-18,27-28,31-34H2,1-8H3,(H,61,65)(H,62,66). The molecule has 16 nitrogen and oxygen atoms in total. The minimum absolute atomic E-state index is 0.108. The molecule has 20 heteroatoms. The molecule has 0 radical (unpaired) electrons. The van der Waals surface area contributed by atoms with Crippen LogP contribution in [0, 0.1) is 13.8 Å². The molecular formula is C54H64Cl2N8O8S2. The van der Waals surface area contributed by atoms with Gasteiger partial charge in [-0.15, -0.1) is 0 Å². The van der Waals surface area contributed by atoms with E-state index in [1.807, 2.05) is 36.4 Å². The Balaban J connectivity index is 1.19. The van der Waals surface area contributed by atoms with E-state index in [1.165, 1.54) is 13.8 Å². The molecule has 0 bridgehead atoms. The van der Waals surface area contributed by atoms with Gasteiger partial charge in [-0.1, -0.05) is 59.6 Å². The van der Waals surface area contributed by atoms with Crippen LogP contribution < -0.4 is 40.2 Å². The highest BCUT2D eigenvalue weighted by Gasteiger charge is 2.17. The lowest BCUT2D eigenvalue weighted by Crippen LogP contribution is -2.30. The van der Waals surface area contributed by atoms with E-state index >= 15 is 0 Å². The lowest BCUT2D eigenvalue weighted by Gasteiger charge is -2.19. The number of rotatable bonds is 25. The first-order chi connectivity index (χ1) is 35.2. The number of pyridine rings is 2. The monoisotopic (exact) mass is 1090 g/mol. The maximum absolute atomic E-state index is 12.4. The smallest absolute Gasteiger partial charge is 0.216 e. The fourth-order valence-electron chi connectivity index (χ4n) is 7.63. The molecule has 0 aliphatic carbocycles. The van der Waals surface area contributed by atoms with Crippen molar-refractivity contribution in [2.24, 2.45) is 8.73 Å². The third-order valence-electron chi connectivity index (χ3n) is 11.2. The van der Waals surface area contributed by atoms with Crippen molar-refractivity contribution in [1.82, 2.24) is 31.2 Å². The summed E-state index contributed by atoms with van der Waals surface area (Å²) in [5.41, 5.74) is 10.1. The Morgan fingerprint density at radius 2 is 0.919 bits per heavy atom. The summed E-state index contributed by atoms with van der Waals surface area (Å²) in [7, 11) is -4.77. The molecule has 2 amide bonds. The van der Waals surface area contributed by atoms with Gasteiger partial charge in [0, 0.05) is 144 Å². The van der Waals surface area contributed by atoms with Gasteiger partial charge in [0.2, 0.25) is 11.8 Å². The number of carbonyl (C=O) groups is 2. The molecule has 6 rings (SSSR count). The first-order valence-electron chi connectivity index (χ1n) is 23.7. The van der Waals surface area contributed by atoms with Gasteiger partial charge in [-0.05, 0) is 71.5 Å². The zero-order chi connectivity index (χ0) is 53.4. The van der Waals surface area contributed by atoms with Crippen molar-refractivity contribution in [3.05, 3.63) is 152 Å². The number of hydrogen-bond donors (Lipinski definition) is 4. The highest BCUT2D eigenvalue weighted by Crippen LogP contribution is 2.37. The first kappa shape index (κ1) is 57.0. The van der Waals surface area contributed by atoms with Crippen LogP contribution in [0.4, 0.5) is 11.4 Å². The molecule has 0 saturated heterocycles. The van der Waals surface area contributed by atoms with Crippen LogP contribution in [0.25, 0.3) is 11.1 Å². The predicted molar refractivity (Wildman–Crippen MR) is 295 cm³/mol. The van der Waals surface area contributed by atoms with Crippen LogP contribution in [0.1, 0.15) is 58.4 Å². The minimum atomic E-state index is -2.39. The number of aromatic nitrogens is 2. The number of ether oxygens (including phenoxy) is 4. The van der Waals surface area contributed by atoms with Gasteiger partial charge >= 0.3 is 0 Å². The maximum atomic E-state index is 12.4. The molecule has 4 aromatic carbocycles. The van der Waals surface area contributed by atoms with E-state index in [0.29, 0.717) is 83.7 Å². The summed E-state index contributed by atoms with van der Waals surface area (Å²) >= 11 is 13.8. The molecular weight excluding hydrogens is 1020 g/mol. The minimum Gasteiger partial charge on any atom is -0.488 e. The number of hydrogen-bond acceptors (Lipinski definition) is 14. The third kappa shape index (κ3) is 18.0. The van der Waals surface area contributed by atoms with E-state index in [2.05, 4.69) is 65.9 Å². The van der Waals surface area contributed by atoms with E-state index in [1.54, 1.807) is 74.1 Å². The van der Waals surface area contributed by atoms with Gasteiger partial charge < -0.3 is 40.2 Å². The Hall–Kier alpha value is -6.28. The average Bonchev–Trinajstić information content (AvgIpc) is 3.32. The summed E-state index contributed by atoms with van der Waals surface area (Å²) in [6.45, 7) is 10.6. The Bertz CT molecular complexity index is 3000. The van der Waals surface area contributed by atoms with Crippen molar-refractivity contribution in [2.45, 2.75) is 67.2 Å². The molecule has 0 spiro atoms. The van der Waals surface area contributed by atoms with Crippen LogP contribution in [0.15, 0.2) is 106 Å². The molecule has 6 aromatic rings. The van der Waals surface area contributed by atoms with Gasteiger partial charge in [0.1, 0.15) is 49.4 Å². The lowest BCUT2D eigenvalue weighted by atomic mass is 9.92. The number of nitrogens with zero attached hydrogens (tertiary/aromatic N) is 4. The summed E-state index contributed by atoms with van der Waals surface area (Å²) in [5.74, 6) is 1.73. The number of halogens is 2. The van der Waals surface area contributed by atoms with E-state index in [0.717, 1.165) is 55.6 Å². The first-order valence-corrected chi connectivity index (χ1v) is 29.1. The van der Waals surface area contributed by atoms with E-state index < -0.39 is 19.5 Å². The summed E-state index contributed by atoms with van der Waals surface area (Å²) < 4.78 is 58.9. The van der Waals surface area contributed by atoms with Gasteiger partial charge in [0.25, 0.3) is 0 Å². The van der Waals surface area contributed by atoms with Crippen molar-refractivity contribution in [1.29, 1.82) is 0 Å². The Morgan fingerprint density at radius 1 is 0.527 bits per heavy atom. The molecule has 2 heterocycles. The molecule has 0 unspecified atom stereocenters. The average molecular weight is 1090 g/mol. The third-order valence-corrected chi connectivity index (χ3v) is 13.1. The van der Waals surface area contributed by atoms with E-state index in [4.69, 9.17) is 42.1 Å². The molecule has 0 atom stereocenters. The normalized spacial score (nSPS) is 11.4. The van der Waals surface area contributed by atoms with Crippen molar-refractivity contribution in [3.8, 4) is 34.1 Å². The molecule has 394 valence electrons. The Labute approximate surface area is 445 Å². The highest BCUT2D eigenvalue weighted by atomic mass is 35.5. The number of benzene rings is 4. The second kappa shape index (κ2) is 26.8. The summed E-state index contributed by atoms with van der Waals surface area (Å²) in [4.78, 5) is 31.4. The molecule has 0 aliphatic rings. The molecule has 4 N–H and O–H groups in total. The summed E-state index contributed by atoms with van der Waals surface area (Å²) in [6.07, 6.45) is 12.7. The van der Waals surface area contributed by atoms with Crippen LogP contribution in [-0.2, 0) is 68.6 Å². The van der Waals surface area contributed by atoms with E-state index in [-0.39, 0.29) is 38.2 Å². The zero-order valence-corrected chi connectivity index (χ0v) is 46.1. The molecule has 0 aliphatic heterocycles. The van der Waals surface area contributed by atoms with Crippen molar-refractivity contribution < 1.29 is 37.0 Å². The van der Waals surface area contributed by atoms with Crippen molar-refractivity contribution >= 4 is 65.8 Å². The number of carbonyl (C=O) groups excluding carboxylic acids is 2. The topological polar surface area (TPSA) is 204 Å². The highest BCUT2D eigenvalue weighted by molar-refractivity contribution is 7.92. The molecule has 2 aromatic heterocycles. The van der Waals surface area contributed by atoms with Gasteiger partial charge in [0.05, 0.1) is 33.8 Å². The van der Waals surface area contributed by atoms with Crippen LogP contribution >= 0.6 is 23.2 Å². The molecule has 0 fully saturated rings. The van der Waals surface area contributed by atoms with E-state index in [9.17, 15) is 18.0 Å². The van der Waals surface area contributed by atoms with Crippen molar-refractivity contribution in [3.63, 3.8) is 0 Å². The van der Waals surface area contributed by atoms with Gasteiger partial charge in [-0.2, -0.15) is 8.73 Å². The van der Waals surface area contributed by atoms with Gasteiger partial charge in [-0.25, -0.2) is 8.42 Å². The van der Waals surface area contributed by atoms with Crippen LogP contribution in [0.3, 0.4) is 0 Å². The fraction of sp³-hybridized carbons (Fsp3) is 0.333. The molecule has 0 saturated carbocycles.